The maximum atomic E-state index is 11.8. The minimum Gasteiger partial charge on any atom is -0.481 e. The van der Waals surface area contributed by atoms with Gasteiger partial charge in [0.1, 0.15) is 6.10 Å². The van der Waals surface area contributed by atoms with Gasteiger partial charge in [-0.1, -0.05) is 13.8 Å². The molecule has 126 valence electrons. The quantitative estimate of drug-likeness (QED) is 0.485. The molecule has 3 atom stereocenters. The molecule has 0 spiro atoms. The molecule has 9 heteroatoms. The Morgan fingerprint density at radius 1 is 1.14 bits per heavy atom. The van der Waals surface area contributed by atoms with Crippen molar-refractivity contribution in [1.82, 2.24) is 5.32 Å². The molecular formula is C13H22N2O7. The van der Waals surface area contributed by atoms with E-state index in [2.05, 4.69) is 10.1 Å². The third-order valence-electron chi connectivity index (χ3n) is 2.73. The fourth-order valence-corrected chi connectivity index (χ4v) is 1.42. The fraction of sp³-hybridized carbons (Fsp3) is 0.692. The van der Waals surface area contributed by atoms with Crippen molar-refractivity contribution in [1.29, 1.82) is 0 Å². The second-order valence-electron chi connectivity index (χ2n) is 5.01. The van der Waals surface area contributed by atoms with Crippen LogP contribution < -0.4 is 11.1 Å². The van der Waals surface area contributed by atoms with Gasteiger partial charge < -0.3 is 25.6 Å². The van der Waals surface area contributed by atoms with Crippen molar-refractivity contribution in [3.8, 4) is 0 Å². The average molecular weight is 318 g/mol. The highest BCUT2D eigenvalue weighted by molar-refractivity contribution is 5.90. The normalized spacial score (nSPS) is 14.6. The van der Waals surface area contributed by atoms with E-state index in [0.29, 0.717) is 0 Å². The molecule has 1 amide bonds. The lowest BCUT2D eigenvalue weighted by Gasteiger charge is -2.24. The number of hydrogen-bond donors (Lipinski definition) is 3. The molecule has 0 rings (SSSR count). The zero-order valence-electron chi connectivity index (χ0n) is 13.0. The van der Waals surface area contributed by atoms with Crippen LogP contribution in [0.4, 0.5) is 0 Å². The highest BCUT2D eigenvalue weighted by Gasteiger charge is 2.32. The molecule has 9 nitrogen and oxygen atoms in total. The number of carboxylic acids is 1. The van der Waals surface area contributed by atoms with Gasteiger partial charge in [-0.3, -0.25) is 14.4 Å². The minimum absolute atomic E-state index is 0.411. The van der Waals surface area contributed by atoms with E-state index < -0.39 is 54.3 Å². The number of amides is 1. The number of carbonyl (C=O) groups is 4. The van der Waals surface area contributed by atoms with Gasteiger partial charge in [0.25, 0.3) is 0 Å². The molecule has 0 aliphatic heterocycles. The monoisotopic (exact) mass is 318 g/mol. The first-order valence-electron chi connectivity index (χ1n) is 6.66. The van der Waals surface area contributed by atoms with E-state index in [9.17, 15) is 19.2 Å². The van der Waals surface area contributed by atoms with Gasteiger partial charge in [-0.25, -0.2) is 4.79 Å². The van der Waals surface area contributed by atoms with Gasteiger partial charge in [0.15, 0.2) is 6.04 Å². The van der Waals surface area contributed by atoms with Crippen LogP contribution in [0.2, 0.25) is 0 Å². The van der Waals surface area contributed by atoms with Gasteiger partial charge in [0.2, 0.25) is 5.91 Å². The Labute approximate surface area is 128 Å². The van der Waals surface area contributed by atoms with E-state index in [1.807, 2.05) is 0 Å². The largest absolute Gasteiger partial charge is 0.481 e. The summed E-state index contributed by atoms with van der Waals surface area (Å²) in [5.41, 5.74) is 5.40. The van der Waals surface area contributed by atoms with Crippen LogP contribution in [-0.4, -0.2) is 54.2 Å². The van der Waals surface area contributed by atoms with Crippen LogP contribution in [0, 0.1) is 5.92 Å². The van der Waals surface area contributed by atoms with Crippen molar-refractivity contribution in [3.63, 3.8) is 0 Å². The summed E-state index contributed by atoms with van der Waals surface area (Å²) in [5.74, 6) is -3.90. The van der Waals surface area contributed by atoms with Gasteiger partial charge >= 0.3 is 17.9 Å². The summed E-state index contributed by atoms with van der Waals surface area (Å²) in [6, 6.07) is -2.61. The summed E-state index contributed by atoms with van der Waals surface area (Å²) in [6.07, 6.45) is -1.59. The van der Waals surface area contributed by atoms with Crippen molar-refractivity contribution < 1.29 is 33.8 Å². The minimum atomic E-state index is -1.34. The predicted molar refractivity (Wildman–Crippen MR) is 74.6 cm³/mol. The van der Waals surface area contributed by atoms with E-state index in [-0.39, 0.29) is 0 Å². The zero-order chi connectivity index (χ0) is 17.4. The van der Waals surface area contributed by atoms with E-state index in [1.165, 1.54) is 6.92 Å². The van der Waals surface area contributed by atoms with Gasteiger partial charge in [-0.15, -0.1) is 0 Å². The van der Waals surface area contributed by atoms with Crippen LogP contribution >= 0.6 is 0 Å². The Balaban J connectivity index is 4.91. The first-order valence-corrected chi connectivity index (χ1v) is 6.66. The number of carbonyl (C=O) groups excluding carboxylic acids is 3. The van der Waals surface area contributed by atoms with Crippen LogP contribution in [0.5, 0.6) is 0 Å². The summed E-state index contributed by atoms with van der Waals surface area (Å²) in [6.45, 7) is 4.64. The van der Waals surface area contributed by atoms with Gasteiger partial charge in [0, 0.05) is 0 Å². The lowest BCUT2D eigenvalue weighted by Crippen LogP contribution is -2.54. The maximum absolute atomic E-state index is 11.8. The molecule has 0 radical (unpaired) electrons. The summed E-state index contributed by atoms with van der Waals surface area (Å²) < 4.78 is 9.58. The van der Waals surface area contributed by atoms with E-state index >= 15 is 0 Å². The highest BCUT2D eigenvalue weighted by atomic mass is 16.6. The topological polar surface area (TPSA) is 145 Å². The average Bonchev–Trinajstić information content (AvgIpc) is 2.42. The summed E-state index contributed by atoms with van der Waals surface area (Å²) in [5, 5.41) is 10.8. The summed E-state index contributed by atoms with van der Waals surface area (Å²) in [7, 11) is 1.11. The van der Waals surface area contributed by atoms with Crippen molar-refractivity contribution in [2.24, 2.45) is 11.7 Å². The van der Waals surface area contributed by atoms with Crippen molar-refractivity contribution in [3.05, 3.63) is 0 Å². The number of esters is 2. The molecule has 22 heavy (non-hydrogen) atoms. The first kappa shape index (κ1) is 19.8. The van der Waals surface area contributed by atoms with Crippen LogP contribution in [-0.2, 0) is 28.7 Å². The van der Waals surface area contributed by atoms with Gasteiger partial charge in [-0.05, 0) is 6.92 Å². The van der Waals surface area contributed by atoms with Crippen molar-refractivity contribution in [2.45, 2.75) is 45.4 Å². The Hall–Kier alpha value is -2.16. The Kier molecular flexibility index (Phi) is 8.10. The molecule has 0 bridgehead atoms. The van der Waals surface area contributed by atoms with E-state index in [0.717, 1.165) is 7.11 Å². The molecule has 0 saturated heterocycles. The summed E-state index contributed by atoms with van der Waals surface area (Å²) in [4.78, 5) is 45.6. The Morgan fingerprint density at radius 3 is 2.09 bits per heavy atom. The van der Waals surface area contributed by atoms with E-state index in [4.69, 9.17) is 15.6 Å². The molecule has 0 saturated carbocycles. The number of aliphatic carboxylic acids is 1. The lowest BCUT2D eigenvalue weighted by atomic mass is 10.1. The van der Waals surface area contributed by atoms with Crippen LogP contribution in [0.15, 0.2) is 0 Å². The third-order valence-corrected chi connectivity index (χ3v) is 2.73. The van der Waals surface area contributed by atoms with Crippen LogP contribution in [0.3, 0.4) is 0 Å². The second-order valence-corrected chi connectivity index (χ2v) is 5.01. The smallest absolute Gasteiger partial charge is 0.332 e. The second kappa shape index (κ2) is 8.98. The molecule has 0 aliphatic rings. The van der Waals surface area contributed by atoms with Crippen LogP contribution in [0.25, 0.3) is 0 Å². The predicted octanol–water partition coefficient (Wildman–Crippen LogP) is -0.966. The molecular weight excluding hydrogens is 296 g/mol. The number of ether oxygens (including phenoxy) is 2. The Bertz CT molecular complexity index is 436. The number of hydrogen-bond acceptors (Lipinski definition) is 7. The molecule has 0 fully saturated rings. The number of methoxy groups -OCH3 is 1. The van der Waals surface area contributed by atoms with Gasteiger partial charge in [0.05, 0.1) is 25.5 Å². The number of nitrogens with two attached hydrogens (primary N) is 1. The molecule has 0 aromatic carbocycles. The fourth-order valence-electron chi connectivity index (χ4n) is 1.42. The van der Waals surface area contributed by atoms with Gasteiger partial charge in [-0.2, -0.15) is 0 Å². The standard InChI is InChI=1S/C13H22N2O7/c1-6(2)12(19)22-7(3)10(13(20)21-4)15-11(18)8(14)5-9(16)17/h6-8,10H,5,14H2,1-4H3,(H,15,18)(H,16,17)/t7-,8+,10+/m1/s1. The third kappa shape index (κ3) is 6.53. The van der Waals surface area contributed by atoms with Crippen molar-refractivity contribution in [2.75, 3.05) is 7.11 Å². The Morgan fingerprint density at radius 2 is 1.68 bits per heavy atom. The van der Waals surface area contributed by atoms with E-state index in [1.54, 1.807) is 13.8 Å². The number of carboxylic acid groups (broad SMARTS) is 1. The van der Waals surface area contributed by atoms with Crippen LogP contribution in [0.1, 0.15) is 27.2 Å². The lowest BCUT2D eigenvalue weighted by molar-refractivity contribution is -0.160. The summed E-state index contributed by atoms with van der Waals surface area (Å²) >= 11 is 0. The molecule has 4 N–H and O–H groups in total. The highest BCUT2D eigenvalue weighted by Crippen LogP contribution is 2.07. The van der Waals surface area contributed by atoms with Crippen molar-refractivity contribution >= 4 is 23.8 Å². The number of nitrogens with one attached hydrogen (secondary N) is 1. The molecule has 0 aromatic heterocycles. The molecule has 0 aromatic rings. The zero-order valence-corrected chi connectivity index (χ0v) is 13.0. The molecule has 0 heterocycles. The number of rotatable bonds is 8. The SMILES string of the molecule is COC(=O)[C@@H](NC(=O)[C@@H](N)CC(=O)O)[C@@H](C)OC(=O)C(C)C. The maximum Gasteiger partial charge on any atom is 0.332 e. The first-order chi connectivity index (χ1) is 10.1. The molecule has 0 unspecified atom stereocenters. The molecule has 0 aliphatic carbocycles.